The van der Waals surface area contributed by atoms with Gasteiger partial charge in [0.1, 0.15) is 5.78 Å². The number of Topliss-reactive ketones (excluding diaryl/α,β-unsaturated/α-hetero) is 1. The van der Waals surface area contributed by atoms with Crippen LogP contribution in [-0.2, 0) is 10.2 Å². The van der Waals surface area contributed by atoms with Gasteiger partial charge >= 0.3 is 0 Å². The van der Waals surface area contributed by atoms with Gasteiger partial charge in [-0.1, -0.05) is 26.8 Å². The molecule has 1 aromatic carbocycles. The van der Waals surface area contributed by atoms with E-state index in [0.29, 0.717) is 12.0 Å². The summed E-state index contributed by atoms with van der Waals surface area (Å²) >= 11 is 0. The van der Waals surface area contributed by atoms with Crippen molar-refractivity contribution in [2.45, 2.75) is 45.6 Å². The molecule has 0 amide bonds. The lowest BCUT2D eigenvalue weighted by Crippen LogP contribution is -2.17. The van der Waals surface area contributed by atoms with E-state index in [4.69, 9.17) is 11.0 Å². The topological polar surface area (TPSA) is 66.9 Å². The fourth-order valence-corrected chi connectivity index (χ4v) is 1.79. The molecule has 1 aromatic rings. The van der Waals surface area contributed by atoms with Gasteiger partial charge in [0.2, 0.25) is 0 Å². The fraction of sp³-hybridized carbons (Fsp3) is 0.467. The van der Waals surface area contributed by atoms with Crippen LogP contribution in [0.25, 0.3) is 0 Å². The van der Waals surface area contributed by atoms with Gasteiger partial charge in [-0.15, -0.1) is 0 Å². The van der Waals surface area contributed by atoms with Gasteiger partial charge < -0.3 is 5.73 Å². The minimum absolute atomic E-state index is 0.0441. The van der Waals surface area contributed by atoms with Crippen LogP contribution in [0.3, 0.4) is 0 Å². The van der Waals surface area contributed by atoms with Crippen molar-refractivity contribution in [2.75, 3.05) is 0 Å². The van der Waals surface area contributed by atoms with Crippen molar-refractivity contribution < 1.29 is 4.79 Å². The average molecular weight is 244 g/mol. The van der Waals surface area contributed by atoms with Crippen LogP contribution in [0.15, 0.2) is 18.2 Å². The standard InChI is InChI=1S/C15H20N2O/c1-10(18)5-14(17)12-6-11(9-16)7-13(8-12)15(2,3)4/h6-8,14H,5,17H2,1-4H3/t14-/m0/s1. The zero-order valence-corrected chi connectivity index (χ0v) is 11.4. The number of carbonyl (C=O) groups is 1. The molecule has 3 nitrogen and oxygen atoms in total. The van der Waals surface area contributed by atoms with Gasteiger partial charge in [0, 0.05) is 12.5 Å². The Hall–Kier alpha value is -1.66. The Labute approximate surface area is 109 Å². The number of nitrogens with zero attached hydrogens (tertiary/aromatic N) is 1. The Morgan fingerprint density at radius 2 is 2.00 bits per heavy atom. The highest BCUT2D eigenvalue weighted by Crippen LogP contribution is 2.27. The van der Waals surface area contributed by atoms with Crippen molar-refractivity contribution >= 4 is 5.78 Å². The minimum Gasteiger partial charge on any atom is -0.324 e. The molecular weight excluding hydrogens is 224 g/mol. The molecule has 1 rings (SSSR count). The molecule has 0 fully saturated rings. The molecule has 0 heterocycles. The smallest absolute Gasteiger partial charge is 0.131 e. The van der Waals surface area contributed by atoms with Gasteiger partial charge in [0.05, 0.1) is 11.6 Å². The molecule has 0 bridgehead atoms. The molecule has 0 aliphatic carbocycles. The maximum atomic E-state index is 11.1. The summed E-state index contributed by atoms with van der Waals surface area (Å²) < 4.78 is 0. The first-order chi connectivity index (χ1) is 8.24. The first-order valence-electron chi connectivity index (χ1n) is 6.04. The second kappa shape index (κ2) is 5.32. The predicted octanol–water partition coefficient (Wildman–Crippen LogP) is 2.83. The van der Waals surface area contributed by atoms with Crippen molar-refractivity contribution in [1.29, 1.82) is 5.26 Å². The van der Waals surface area contributed by atoms with E-state index in [-0.39, 0.29) is 17.2 Å². The van der Waals surface area contributed by atoms with E-state index in [1.54, 1.807) is 6.07 Å². The summed E-state index contributed by atoms with van der Waals surface area (Å²) in [6.45, 7) is 7.79. The second-order valence-corrected chi connectivity index (χ2v) is 5.72. The third-order valence-corrected chi connectivity index (χ3v) is 2.89. The Bertz CT molecular complexity index is 492. The molecule has 0 spiro atoms. The van der Waals surface area contributed by atoms with Crippen molar-refractivity contribution in [3.8, 4) is 6.07 Å². The zero-order chi connectivity index (χ0) is 13.9. The van der Waals surface area contributed by atoms with Gasteiger partial charge in [-0.05, 0) is 35.6 Å². The highest BCUT2D eigenvalue weighted by molar-refractivity contribution is 5.76. The van der Waals surface area contributed by atoms with Crippen LogP contribution in [0.2, 0.25) is 0 Å². The van der Waals surface area contributed by atoms with Crippen LogP contribution in [0.5, 0.6) is 0 Å². The lowest BCUT2D eigenvalue weighted by Gasteiger charge is -2.21. The maximum Gasteiger partial charge on any atom is 0.131 e. The minimum atomic E-state index is -0.336. The number of carbonyl (C=O) groups excluding carboxylic acids is 1. The summed E-state index contributed by atoms with van der Waals surface area (Å²) in [4.78, 5) is 11.1. The van der Waals surface area contributed by atoms with E-state index in [2.05, 4.69) is 26.8 Å². The van der Waals surface area contributed by atoms with E-state index in [0.717, 1.165) is 11.1 Å². The summed E-state index contributed by atoms with van der Waals surface area (Å²) in [5.74, 6) is 0.0576. The Balaban J connectivity index is 3.21. The van der Waals surface area contributed by atoms with Crippen LogP contribution < -0.4 is 5.73 Å². The van der Waals surface area contributed by atoms with Gasteiger partial charge in [-0.25, -0.2) is 0 Å². The molecule has 3 heteroatoms. The van der Waals surface area contributed by atoms with Crippen molar-refractivity contribution in [3.05, 3.63) is 34.9 Å². The molecule has 0 aliphatic rings. The zero-order valence-electron chi connectivity index (χ0n) is 11.4. The van der Waals surface area contributed by atoms with Gasteiger partial charge in [-0.3, -0.25) is 4.79 Å². The third-order valence-electron chi connectivity index (χ3n) is 2.89. The molecule has 0 saturated carbocycles. The Kier molecular flexibility index (Phi) is 4.26. The van der Waals surface area contributed by atoms with Gasteiger partial charge in [0.15, 0.2) is 0 Å². The fourth-order valence-electron chi connectivity index (χ4n) is 1.79. The molecule has 96 valence electrons. The highest BCUT2D eigenvalue weighted by atomic mass is 16.1. The van der Waals surface area contributed by atoms with Crippen LogP contribution in [0, 0.1) is 11.3 Å². The molecule has 1 atom stereocenters. The van der Waals surface area contributed by atoms with E-state index in [1.807, 2.05) is 12.1 Å². The van der Waals surface area contributed by atoms with Crippen LogP contribution in [-0.4, -0.2) is 5.78 Å². The van der Waals surface area contributed by atoms with Gasteiger partial charge in [0.25, 0.3) is 0 Å². The maximum absolute atomic E-state index is 11.1. The van der Waals surface area contributed by atoms with Crippen molar-refractivity contribution in [1.82, 2.24) is 0 Å². The highest BCUT2D eigenvalue weighted by Gasteiger charge is 2.18. The lowest BCUT2D eigenvalue weighted by atomic mass is 9.84. The molecule has 0 radical (unpaired) electrons. The molecule has 18 heavy (non-hydrogen) atoms. The summed E-state index contributed by atoms with van der Waals surface area (Å²) in [5, 5.41) is 9.06. The van der Waals surface area contributed by atoms with E-state index in [9.17, 15) is 4.79 Å². The SMILES string of the molecule is CC(=O)C[C@H](N)c1cc(C#N)cc(C(C)(C)C)c1. The van der Waals surface area contributed by atoms with E-state index < -0.39 is 0 Å². The molecule has 0 aromatic heterocycles. The van der Waals surface area contributed by atoms with Crippen molar-refractivity contribution in [3.63, 3.8) is 0 Å². The average Bonchev–Trinajstić information content (AvgIpc) is 2.26. The number of benzene rings is 1. The lowest BCUT2D eigenvalue weighted by molar-refractivity contribution is -0.117. The number of nitrogens with two attached hydrogens (primary N) is 1. The Morgan fingerprint density at radius 3 is 2.44 bits per heavy atom. The molecule has 0 aliphatic heterocycles. The predicted molar refractivity (Wildman–Crippen MR) is 72.1 cm³/mol. The monoisotopic (exact) mass is 244 g/mol. The summed E-state index contributed by atoms with van der Waals surface area (Å²) in [5.41, 5.74) is 8.47. The summed E-state index contributed by atoms with van der Waals surface area (Å²) in [7, 11) is 0. The third kappa shape index (κ3) is 3.68. The number of ketones is 1. The first-order valence-corrected chi connectivity index (χ1v) is 6.04. The van der Waals surface area contributed by atoms with E-state index >= 15 is 0 Å². The van der Waals surface area contributed by atoms with E-state index in [1.165, 1.54) is 6.92 Å². The largest absolute Gasteiger partial charge is 0.324 e. The second-order valence-electron chi connectivity index (χ2n) is 5.72. The van der Waals surface area contributed by atoms with Crippen LogP contribution >= 0.6 is 0 Å². The number of rotatable bonds is 3. The molecule has 0 saturated heterocycles. The molecular formula is C15H20N2O. The normalized spacial score (nSPS) is 12.9. The number of hydrogen-bond donors (Lipinski definition) is 1. The first kappa shape index (κ1) is 14.4. The van der Waals surface area contributed by atoms with Gasteiger partial charge in [-0.2, -0.15) is 5.26 Å². The molecule has 0 unspecified atom stereocenters. The quantitative estimate of drug-likeness (QED) is 0.889. The van der Waals surface area contributed by atoms with Crippen LogP contribution in [0.1, 0.15) is 56.8 Å². The Morgan fingerprint density at radius 1 is 1.39 bits per heavy atom. The summed E-state index contributed by atoms with van der Waals surface area (Å²) in [6.07, 6.45) is 0.304. The van der Waals surface area contributed by atoms with Crippen molar-refractivity contribution in [2.24, 2.45) is 5.73 Å². The number of nitriles is 1. The summed E-state index contributed by atoms with van der Waals surface area (Å²) in [6, 6.07) is 7.45. The number of hydrogen-bond acceptors (Lipinski definition) is 3. The van der Waals surface area contributed by atoms with Crippen LogP contribution in [0.4, 0.5) is 0 Å². The molecule has 2 N–H and O–H groups in total.